The smallest absolute Gasteiger partial charge is 0.419 e. The first kappa shape index (κ1) is 16.3. The lowest BCUT2D eigenvalue weighted by Crippen LogP contribution is -2.27. The minimum Gasteiger partial charge on any atom is -0.478 e. The second-order valence-electron chi connectivity index (χ2n) is 4.04. The molecule has 0 aliphatic rings. The van der Waals surface area contributed by atoms with Crippen LogP contribution in [0.2, 0.25) is 0 Å². The number of halogens is 3. The van der Waals surface area contributed by atoms with E-state index in [9.17, 15) is 18.0 Å². The van der Waals surface area contributed by atoms with Gasteiger partial charge in [0.15, 0.2) is 6.10 Å². The first-order valence-electron chi connectivity index (χ1n) is 6.03. The van der Waals surface area contributed by atoms with Crippen molar-refractivity contribution in [2.24, 2.45) is 5.73 Å². The zero-order chi connectivity index (χ0) is 15.3. The largest absolute Gasteiger partial charge is 0.478 e. The monoisotopic (exact) mass is 291 g/mol. The number of alkyl halides is 3. The fraction of sp³-hybridized carbons (Fsp3) is 0.462. The van der Waals surface area contributed by atoms with Gasteiger partial charge in [-0.25, -0.2) is 4.79 Å². The third-order valence-electron chi connectivity index (χ3n) is 2.51. The van der Waals surface area contributed by atoms with E-state index in [0.29, 0.717) is 5.56 Å². The summed E-state index contributed by atoms with van der Waals surface area (Å²) in [5.41, 5.74) is 4.68. The van der Waals surface area contributed by atoms with E-state index < -0.39 is 29.6 Å². The van der Waals surface area contributed by atoms with Crippen molar-refractivity contribution in [3.63, 3.8) is 0 Å². The molecule has 7 heteroatoms. The number of hydrogen-bond acceptors (Lipinski definition) is 4. The molecule has 0 bridgehead atoms. The van der Waals surface area contributed by atoms with Crippen LogP contribution in [0.25, 0.3) is 0 Å². The van der Waals surface area contributed by atoms with Crippen LogP contribution >= 0.6 is 0 Å². The Bertz CT molecular complexity index is 474. The molecular formula is C13H16F3NO3. The van der Waals surface area contributed by atoms with Crippen molar-refractivity contribution in [1.29, 1.82) is 0 Å². The Balaban J connectivity index is 3.03. The van der Waals surface area contributed by atoms with Crippen LogP contribution in [0.3, 0.4) is 0 Å². The molecule has 0 heterocycles. The van der Waals surface area contributed by atoms with E-state index in [0.717, 1.165) is 12.1 Å². The van der Waals surface area contributed by atoms with Gasteiger partial charge in [-0.1, -0.05) is 6.07 Å². The van der Waals surface area contributed by atoms with Crippen molar-refractivity contribution in [3.05, 3.63) is 29.3 Å². The molecule has 0 amide bonds. The summed E-state index contributed by atoms with van der Waals surface area (Å²) < 4.78 is 48.5. The Labute approximate surface area is 114 Å². The highest BCUT2D eigenvalue weighted by Crippen LogP contribution is 2.37. The molecule has 0 saturated carbocycles. The second-order valence-corrected chi connectivity index (χ2v) is 4.04. The van der Waals surface area contributed by atoms with Crippen molar-refractivity contribution in [1.82, 2.24) is 0 Å². The lowest BCUT2D eigenvalue weighted by atomic mass is 10.1. The van der Waals surface area contributed by atoms with E-state index in [2.05, 4.69) is 4.74 Å². The molecule has 1 rings (SSSR count). The number of ether oxygens (including phenoxy) is 2. The van der Waals surface area contributed by atoms with Gasteiger partial charge in [0, 0.05) is 6.54 Å². The maximum atomic E-state index is 12.9. The summed E-state index contributed by atoms with van der Waals surface area (Å²) in [4.78, 5) is 11.4. The Morgan fingerprint density at radius 1 is 1.40 bits per heavy atom. The minimum absolute atomic E-state index is 0.0171. The number of rotatable bonds is 5. The standard InChI is InChI=1S/C13H16F3NO3/c1-3-19-12(18)8(2)20-11-5-4-9(7-17)6-10(11)13(14,15)16/h4-6,8H,3,7,17H2,1-2H3. The van der Waals surface area contributed by atoms with Gasteiger partial charge in [-0.2, -0.15) is 13.2 Å². The van der Waals surface area contributed by atoms with E-state index in [1.165, 1.54) is 13.0 Å². The number of esters is 1. The topological polar surface area (TPSA) is 61.5 Å². The van der Waals surface area contributed by atoms with Gasteiger partial charge in [0.2, 0.25) is 0 Å². The number of benzene rings is 1. The van der Waals surface area contributed by atoms with Crippen LogP contribution in [-0.2, 0) is 22.3 Å². The summed E-state index contributed by atoms with van der Waals surface area (Å²) in [6, 6.07) is 3.48. The number of nitrogens with two attached hydrogens (primary N) is 1. The van der Waals surface area contributed by atoms with Crippen LogP contribution in [0.15, 0.2) is 18.2 Å². The molecule has 0 aromatic heterocycles. The predicted molar refractivity (Wildman–Crippen MR) is 66.1 cm³/mol. The maximum Gasteiger partial charge on any atom is 0.419 e. The lowest BCUT2D eigenvalue weighted by Gasteiger charge is -2.18. The normalized spacial score (nSPS) is 12.9. The fourth-order valence-corrected chi connectivity index (χ4v) is 1.53. The van der Waals surface area contributed by atoms with Gasteiger partial charge in [0.25, 0.3) is 0 Å². The zero-order valence-corrected chi connectivity index (χ0v) is 11.2. The summed E-state index contributed by atoms with van der Waals surface area (Å²) in [5.74, 6) is -1.14. The molecule has 20 heavy (non-hydrogen) atoms. The number of carbonyl (C=O) groups is 1. The van der Waals surface area contributed by atoms with Crippen molar-refractivity contribution in [3.8, 4) is 5.75 Å². The van der Waals surface area contributed by atoms with Crippen molar-refractivity contribution < 1.29 is 27.4 Å². The molecule has 0 saturated heterocycles. The van der Waals surface area contributed by atoms with Gasteiger partial charge in [-0.15, -0.1) is 0 Å². The van der Waals surface area contributed by atoms with Crippen molar-refractivity contribution in [2.75, 3.05) is 6.61 Å². The molecule has 2 N–H and O–H groups in total. The Kier molecular flexibility index (Phi) is 5.38. The van der Waals surface area contributed by atoms with Gasteiger partial charge in [-0.3, -0.25) is 0 Å². The highest BCUT2D eigenvalue weighted by molar-refractivity contribution is 5.74. The summed E-state index contributed by atoms with van der Waals surface area (Å²) in [5, 5.41) is 0. The van der Waals surface area contributed by atoms with Gasteiger partial charge in [0.1, 0.15) is 5.75 Å². The zero-order valence-electron chi connectivity index (χ0n) is 11.2. The van der Waals surface area contributed by atoms with Crippen LogP contribution in [0.1, 0.15) is 25.0 Å². The average Bonchev–Trinajstić information content (AvgIpc) is 2.38. The van der Waals surface area contributed by atoms with Crippen molar-refractivity contribution in [2.45, 2.75) is 32.7 Å². The molecule has 0 radical (unpaired) electrons. The maximum absolute atomic E-state index is 12.9. The quantitative estimate of drug-likeness (QED) is 0.847. The average molecular weight is 291 g/mol. The molecule has 1 aromatic carbocycles. The Hall–Kier alpha value is -1.76. The van der Waals surface area contributed by atoms with E-state index in [1.807, 2.05) is 0 Å². The molecule has 0 spiro atoms. The molecule has 0 fully saturated rings. The summed E-state index contributed by atoms with van der Waals surface area (Å²) in [6.07, 6.45) is -5.71. The molecule has 1 unspecified atom stereocenters. The number of carbonyl (C=O) groups excluding carboxylic acids is 1. The van der Waals surface area contributed by atoms with E-state index in [1.54, 1.807) is 6.92 Å². The molecule has 0 aliphatic carbocycles. The molecular weight excluding hydrogens is 275 g/mol. The molecule has 1 aromatic rings. The van der Waals surface area contributed by atoms with Crippen LogP contribution < -0.4 is 10.5 Å². The second kappa shape index (κ2) is 6.60. The highest BCUT2D eigenvalue weighted by Gasteiger charge is 2.35. The molecule has 0 aliphatic heterocycles. The Morgan fingerprint density at radius 2 is 2.05 bits per heavy atom. The van der Waals surface area contributed by atoms with Gasteiger partial charge >= 0.3 is 12.1 Å². The Morgan fingerprint density at radius 3 is 2.55 bits per heavy atom. The van der Waals surface area contributed by atoms with Crippen LogP contribution in [0.5, 0.6) is 5.75 Å². The number of hydrogen-bond donors (Lipinski definition) is 1. The van der Waals surface area contributed by atoms with Crippen LogP contribution in [-0.4, -0.2) is 18.7 Å². The van der Waals surface area contributed by atoms with E-state index in [4.69, 9.17) is 10.5 Å². The van der Waals surface area contributed by atoms with Gasteiger partial charge in [0.05, 0.1) is 12.2 Å². The van der Waals surface area contributed by atoms with E-state index >= 15 is 0 Å². The van der Waals surface area contributed by atoms with Gasteiger partial charge in [-0.05, 0) is 31.5 Å². The highest BCUT2D eigenvalue weighted by atomic mass is 19.4. The summed E-state index contributed by atoms with van der Waals surface area (Å²) in [7, 11) is 0. The minimum atomic E-state index is -4.59. The van der Waals surface area contributed by atoms with Crippen LogP contribution in [0, 0.1) is 0 Å². The summed E-state index contributed by atoms with van der Waals surface area (Å²) in [6.45, 7) is 3.04. The SMILES string of the molecule is CCOC(=O)C(C)Oc1ccc(CN)cc1C(F)(F)F. The molecule has 4 nitrogen and oxygen atoms in total. The third-order valence-corrected chi connectivity index (χ3v) is 2.51. The van der Waals surface area contributed by atoms with Crippen molar-refractivity contribution >= 4 is 5.97 Å². The van der Waals surface area contributed by atoms with E-state index in [-0.39, 0.29) is 13.2 Å². The first-order valence-corrected chi connectivity index (χ1v) is 6.03. The summed E-state index contributed by atoms with van der Waals surface area (Å²) >= 11 is 0. The van der Waals surface area contributed by atoms with Crippen LogP contribution in [0.4, 0.5) is 13.2 Å². The van der Waals surface area contributed by atoms with Gasteiger partial charge < -0.3 is 15.2 Å². The molecule has 1 atom stereocenters. The lowest BCUT2D eigenvalue weighted by molar-refractivity contribution is -0.152. The predicted octanol–water partition coefficient (Wildman–Crippen LogP) is 2.49. The third kappa shape index (κ3) is 4.12. The molecule has 112 valence electrons. The first-order chi connectivity index (χ1) is 9.29. The fourth-order valence-electron chi connectivity index (χ4n) is 1.53.